The van der Waals surface area contributed by atoms with Crippen LogP contribution < -0.4 is 0 Å². The number of hydrogen-bond donors (Lipinski definition) is 0. The second-order valence-electron chi connectivity index (χ2n) is 14.6. The zero-order chi connectivity index (χ0) is 31.8. The summed E-state index contributed by atoms with van der Waals surface area (Å²) in [5, 5.41) is 5.22. The van der Waals surface area contributed by atoms with Crippen LogP contribution in [0.1, 0.15) is 107 Å². The molecular weight excluding hydrogens is 680 g/mol. The zero-order valence-electron chi connectivity index (χ0n) is 29.7. The molecule has 0 aliphatic carbocycles. The van der Waals surface area contributed by atoms with Crippen molar-refractivity contribution in [2.24, 2.45) is 4.99 Å². The molecule has 3 nitrogen and oxygen atoms in total. The molecular formula is C37H57BaN3Si2. The van der Waals surface area contributed by atoms with Gasteiger partial charge in [-0.05, 0) is 40.4 Å². The van der Waals surface area contributed by atoms with E-state index in [-0.39, 0.29) is 48.9 Å². The summed E-state index contributed by atoms with van der Waals surface area (Å²) in [5.74, 6) is 1.66. The molecule has 0 atom stereocenters. The molecule has 0 aliphatic rings. The van der Waals surface area contributed by atoms with Gasteiger partial charge in [-0.1, -0.05) is 183 Å². The molecule has 0 aliphatic heterocycles. The van der Waals surface area contributed by atoms with E-state index >= 15 is 0 Å². The Hall–Kier alpha value is -0.905. The molecule has 0 bridgehead atoms. The third-order valence-electron chi connectivity index (χ3n) is 6.86. The average molecular weight is 737 g/mol. The first-order valence-corrected chi connectivity index (χ1v) is 22.6. The molecule has 0 N–H and O–H groups in total. The number of aliphatic imine (C=N–C) groups is 1. The van der Waals surface area contributed by atoms with Gasteiger partial charge in [0.2, 0.25) is 0 Å². The van der Waals surface area contributed by atoms with Crippen molar-refractivity contribution in [1.29, 1.82) is 0 Å². The van der Waals surface area contributed by atoms with E-state index in [1.165, 1.54) is 22.3 Å². The van der Waals surface area contributed by atoms with E-state index in [0.717, 1.165) is 22.6 Å². The van der Waals surface area contributed by atoms with Gasteiger partial charge in [0.15, 0.2) is 0 Å². The van der Waals surface area contributed by atoms with Crippen LogP contribution in [0.15, 0.2) is 65.7 Å². The van der Waals surface area contributed by atoms with Crippen LogP contribution >= 0.6 is 0 Å². The monoisotopic (exact) mass is 737 g/mol. The number of para-hydroxylation sites is 3. The Bertz CT molecular complexity index is 1250. The maximum Gasteiger partial charge on any atom is 2.00 e. The fourth-order valence-electron chi connectivity index (χ4n) is 5.26. The summed E-state index contributed by atoms with van der Waals surface area (Å²) in [6.07, 6.45) is 2.00. The Balaban J connectivity index is 0.000000803. The van der Waals surface area contributed by atoms with Crippen LogP contribution in [0.25, 0.3) is 9.96 Å². The predicted molar refractivity (Wildman–Crippen MR) is 201 cm³/mol. The van der Waals surface area contributed by atoms with Crippen LogP contribution in [0.2, 0.25) is 39.3 Å². The minimum absolute atomic E-state index is 0. The van der Waals surface area contributed by atoms with Crippen molar-refractivity contribution in [3.63, 3.8) is 0 Å². The smallest absolute Gasteiger partial charge is 0.668 e. The Labute approximate surface area is 307 Å². The summed E-state index contributed by atoms with van der Waals surface area (Å²) in [4.78, 5) is 5.05. The van der Waals surface area contributed by atoms with Crippen molar-refractivity contribution in [2.45, 2.75) is 118 Å². The van der Waals surface area contributed by atoms with Crippen LogP contribution in [-0.4, -0.2) is 71.6 Å². The molecule has 0 radical (unpaired) electrons. The van der Waals surface area contributed by atoms with Gasteiger partial charge in [0.05, 0.1) is 5.69 Å². The number of rotatable bonds is 10. The standard InChI is InChI=1S/C31H39N2.C6H18NSi2.Ba/c1-20(2)25-14-11-15-26(21(3)4)30(25)32-19-24-13-9-10-18-29(24)33-31-27(22(5)6)16-12-17-28(31)23(7)8;1-8(2,3)7-9(4,5)6;/h9-23H,1-8H3;1-6H3;/q2*-1;+2. The Kier molecular flexibility index (Phi) is 16.5. The van der Waals surface area contributed by atoms with Gasteiger partial charge < -0.3 is 9.96 Å². The van der Waals surface area contributed by atoms with Crippen LogP contribution in [0, 0.1) is 0 Å². The summed E-state index contributed by atoms with van der Waals surface area (Å²) in [7, 11) is -2.21. The first kappa shape index (κ1) is 40.1. The summed E-state index contributed by atoms with van der Waals surface area (Å²) in [6, 6.07) is 21.5. The van der Waals surface area contributed by atoms with Crippen LogP contribution in [0.3, 0.4) is 0 Å². The molecule has 230 valence electrons. The quantitative estimate of drug-likeness (QED) is 0.147. The van der Waals surface area contributed by atoms with Crippen molar-refractivity contribution in [1.82, 2.24) is 0 Å². The Morgan fingerprint density at radius 3 is 1.33 bits per heavy atom. The van der Waals surface area contributed by atoms with Gasteiger partial charge in [0.25, 0.3) is 0 Å². The van der Waals surface area contributed by atoms with Crippen LogP contribution in [0.4, 0.5) is 17.1 Å². The maximum absolute atomic E-state index is 5.22. The molecule has 3 aromatic carbocycles. The van der Waals surface area contributed by atoms with Gasteiger partial charge in [-0.3, -0.25) is 4.99 Å². The normalized spacial score (nSPS) is 12.1. The fourth-order valence-corrected chi connectivity index (χ4v) is 13.3. The minimum Gasteiger partial charge on any atom is -0.668 e. The third kappa shape index (κ3) is 13.2. The van der Waals surface area contributed by atoms with E-state index in [9.17, 15) is 0 Å². The summed E-state index contributed by atoms with van der Waals surface area (Å²) in [5.41, 5.74) is 9.37. The minimum atomic E-state index is -1.11. The van der Waals surface area contributed by atoms with Crippen molar-refractivity contribution in [3.8, 4) is 0 Å². The van der Waals surface area contributed by atoms with E-state index in [1.54, 1.807) is 0 Å². The van der Waals surface area contributed by atoms with E-state index < -0.39 is 16.5 Å². The first-order valence-electron chi connectivity index (χ1n) is 15.8. The number of nitrogens with zero attached hydrogens (tertiary/aromatic N) is 3. The van der Waals surface area contributed by atoms with Crippen molar-refractivity contribution in [3.05, 3.63) is 98.4 Å². The Morgan fingerprint density at radius 1 is 0.558 bits per heavy atom. The second kappa shape index (κ2) is 17.7. The van der Waals surface area contributed by atoms with Crippen molar-refractivity contribution >= 4 is 88.6 Å². The van der Waals surface area contributed by atoms with E-state index in [1.807, 2.05) is 6.21 Å². The predicted octanol–water partition coefficient (Wildman–Crippen LogP) is 12.9. The molecule has 0 saturated carbocycles. The van der Waals surface area contributed by atoms with E-state index in [2.05, 4.69) is 155 Å². The largest absolute Gasteiger partial charge is 2.00 e. The van der Waals surface area contributed by atoms with Gasteiger partial charge in [0.1, 0.15) is 0 Å². The molecule has 0 unspecified atom stereocenters. The van der Waals surface area contributed by atoms with Gasteiger partial charge in [0, 0.05) is 6.21 Å². The molecule has 0 saturated heterocycles. The molecule has 6 heteroatoms. The fraction of sp³-hybridized carbons (Fsp3) is 0.486. The molecule has 0 spiro atoms. The van der Waals surface area contributed by atoms with Crippen LogP contribution in [0.5, 0.6) is 0 Å². The van der Waals surface area contributed by atoms with Gasteiger partial charge in [-0.2, -0.15) is 0 Å². The molecule has 0 fully saturated rings. The zero-order valence-corrected chi connectivity index (χ0v) is 36.1. The average Bonchev–Trinajstić information content (AvgIpc) is 2.85. The van der Waals surface area contributed by atoms with Crippen molar-refractivity contribution < 1.29 is 0 Å². The summed E-state index contributed by atoms with van der Waals surface area (Å²) in [6.45, 7) is 31.7. The maximum atomic E-state index is 5.22. The molecule has 43 heavy (non-hydrogen) atoms. The third-order valence-corrected chi connectivity index (χ3v) is 12.2. The van der Waals surface area contributed by atoms with Gasteiger partial charge in [-0.25, -0.2) is 0 Å². The Morgan fingerprint density at radius 2 is 0.953 bits per heavy atom. The van der Waals surface area contributed by atoms with Gasteiger partial charge >= 0.3 is 48.9 Å². The van der Waals surface area contributed by atoms with Gasteiger partial charge in [-0.15, -0.1) is 11.4 Å². The van der Waals surface area contributed by atoms with E-state index in [4.69, 9.17) is 15.0 Å². The first-order chi connectivity index (χ1) is 19.4. The van der Waals surface area contributed by atoms with Crippen LogP contribution in [-0.2, 0) is 0 Å². The molecule has 3 rings (SSSR count). The molecule has 0 aromatic heterocycles. The summed E-state index contributed by atoms with van der Waals surface area (Å²) < 4.78 is 4.82. The van der Waals surface area contributed by atoms with E-state index in [0.29, 0.717) is 23.7 Å². The van der Waals surface area contributed by atoms with Crippen molar-refractivity contribution in [2.75, 3.05) is 0 Å². The second-order valence-corrected chi connectivity index (χ2v) is 24.1. The number of benzene rings is 3. The SMILES string of the molecule is CC(C)c1cccc(C(C)C)c1N=Cc1ccccc1[N-]c1c(C(C)C)cccc1C(C)C.C[Si](C)(C)[N-][Si](C)(C)C.[Ba+2]. The summed E-state index contributed by atoms with van der Waals surface area (Å²) >= 11 is 0. The molecule has 0 heterocycles. The molecule has 0 amide bonds. The topological polar surface area (TPSA) is 40.6 Å². The molecule has 3 aromatic rings. The number of hydrogen-bond acceptors (Lipinski definition) is 1.